The van der Waals surface area contributed by atoms with Crippen LogP contribution in [0.1, 0.15) is 11.1 Å². The Hall–Kier alpha value is -3.93. The zero-order valence-corrected chi connectivity index (χ0v) is 14.3. The number of fused-ring (bicyclic) bond motifs is 1. The highest BCUT2D eigenvalue weighted by atomic mass is 16.4. The normalized spacial score (nSPS) is 11.5. The van der Waals surface area contributed by atoms with Gasteiger partial charge in [0.25, 0.3) is 0 Å². The zero-order chi connectivity index (χ0) is 18.6. The molecule has 0 spiro atoms. The first-order chi connectivity index (χ1) is 13.2. The third-order valence-corrected chi connectivity index (χ3v) is 4.16. The molecule has 0 aliphatic heterocycles. The van der Waals surface area contributed by atoms with E-state index in [2.05, 4.69) is 20.3 Å². The summed E-state index contributed by atoms with van der Waals surface area (Å²) in [5.74, 6) is -0.985. The van der Waals surface area contributed by atoms with Crippen LogP contribution in [0.3, 0.4) is 0 Å². The minimum absolute atomic E-state index is 0.215. The maximum atomic E-state index is 11.8. The minimum Gasteiger partial charge on any atom is -0.478 e. The number of pyridine rings is 2. The molecule has 0 radical (unpaired) electrons. The first kappa shape index (κ1) is 16.5. The number of H-pyrrole nitrogens is 1. The van der Waals surface area contributed by atoms with E-state index in [1.165, 1.54) is 0 Å². The molecule has 1 aromatic carbocycles. The number of nitrogens with one attached hydrogen (secondary N) is 2. The summed E-state index contributed by atoms with van der Waals surface area (Å²) < 4.78 is 0. The van der Waals surface area contributed by atoms with Gasteiger partial charge in [0.05, 0.1) is 23.1 Å². The third kappa shape index (κ3) is 3.41. The van der Waals surface area contributed by atoms with Crippen LogP contribution in [0.5, 0.6) is 0 Å². The van der Waals surface area contributed by atoms with Crippen molar-refractivity contribution in [2.45, 2.75) is 0 Å². The van der Waals surface area contributed by atoms with E-state index >= 15 is 0 Å². The molecule has 3 heterocycles. The van der Waals surface area contributed by atoms with E-state index in [9.17, 15) is 9.90 Å². The number of hydrogen-bond acceptors (Lipinski definition) is 4. The van der Waals surface area contributed by atoms with Gasteiger partial charge in [-0.05, 0) is 29.8 Å². The molecule has 0 saturated heterocycles. The van der Waals surface area contributed by atoms with Crippen molar-refractivity contribution in [3.05, 3.63) is 84.4 Å². The Bertz CT molecular complexity index is 1120. The van der Waals surface area contributed by atoms with Gasteiger partial charge in [0, 0.05) is 29.5 Å². The second-order valence-corrected chi connectivity index (χ2v) is 5.92. The standard InChI is InChI=1S/C21H16N4O2/c26-21(27)17(14-5-2-1-3-6-14)11-15-12-24-20-19(15)18(8-10-23-20)25-16-7-4-9-22-13-16/h1-13H,(H,26,27)(H2,23,24,25)/b17-11-. The van der Waals surface area contributed by atoms with Crippen LogP contribution < -0.4 is 5.32 Å². The number of anilines is 2. The molecule has 27 heavy (non-hydrogen) atoms. The Morgan fingerprint density at radius 3 is 2.67 bits per heavy atom. The second kappa shape index (κ2) is 7.13. The van der Waals surface area contributed by atoms with Gasteiger partial charge in [-0.15, -0.1) is 0 Å². The largest absolute Gasteiger partial charge is 0.478 e. The molecule has 0 saturated carbocycles. The molecule has 0 atom stereocenters. The summed E-state index contributed by atoms with van der Waals surface area (Å²) in [5.41, 5.74) is 3.93. The average molecular weight is 356 g/mol. The lowest BCUT2D eigenvalue weighted by Crippen LogP contribution is -1.99. The van der Waals surface area contributed by atoms with Gasteiger partial charge < -0.3 is 15.4 Å². The third-order valence-electron chi connectivity index (χ3n) is 4.16. The van der Waals surface area contributed by atoms with Crippen molar-refractivity contribution in [3.63, 3.8) is 0 Å². The molecule has 3 N–H and O–H groups in total. The van der Waals surface area contributed by atoms with Crippen LogP contribution in [-0.2, 0) is 4.79 Å². The van der Waals surface area contributed by atoms with Crippen molar-refractivity contribution in [2.24, 2.45) is 0 Å². The Morgan fingerprint density at radius 1 is 1.07 bits per heavy atom. The number of carboxylic acid groups (broad SMARTS) is 1. The molecule has 0 unspecified atom stereocenters. The molecular formula is C21H16N4O2. The molecular weight excluding hydrogens is 340 g/mol. The Labute approximate surface area is 155 Å². The number of aliphatic carboxylic acids is 1. The number of benzene rings is 1. The SMILES string of the molecule is O=C(O)/C(=C\c1c[nH]c2nccc(Nc3cccnc3)c12)c1ccccc1. The average Bonchev–Trinajstić information content (AvgIpc) is 3.11. The Morgan fingerprint density at radius 2 is 1.93 bits per heavy atom. The molecule has 0 fully saturated rings. The van der Waals surface area contributed by atoms with Crippen molar-refractivity contribution in [3.8, 4) is 0 Å². The number of nitrogens with zero attached hydrogens (tertiary/aromatic N) is 2. The van der Waals surface area contributed by atoms with E-state index in [1.807, 2.05) is 36.4 Å². The molecule has 132 valence electrons. The van der Waals surface area contributed by atoms with E-state index in [4.69, 9.17) is 0 Å². The molecule has 0 aliphatic carbocycles. The number of rotatable bonds is 5. The van der Waals surface area contributed by atoms with Gasteiger partial charge in [-0.2, -0.15) is 0 Å². The maximum Gasteiger partial charge on any atom is 0.336 e. The molecule has 4 aromatic rings. The summed E-state index contributed by atoms with van der Waals surface area (Å²) in [6, 6.07) is 14.7. The molecule has 4 rings (SSSR count). The summed E-state index contributed by atoms with van der Waals surface area (Å²) >= 11 is 0. The summed E-state index contributed by atoms with van der Waals surface area (Å²) in [7, 11) is 0. The minimum atomic E-state index is -0.985. The smallest absolute Gasteiger partial charge is 0.336 e. The van der Waals surface area contributed by atoms with Gasteiger partial charge in [-0.25, -0.2) is 9.78 Å². The van der Waals surface area contributed by atoms with E-state index in [0.717, 1.165) is 22.3 Å². The van der Waals surface area contributed by atoms with E-state index in [1.54, 1.807) is 43.0 Å². The molecule has 6 nitrogen and oxygen atoms in total. The lowest BCUT2D eigenvalue weighted by atomic mass is 10.0. The lowest BCUT2D eigenvalue weighted by Gasteiger charge is -2.08. The van der Waals surface area contributed by atoms with Gasteiger partial charge in [0.1, 0.15) is 5.65 Å². The topological polar surface area (TPSA) is 90.9 Å². The van der Waals surface area contributed by atoms with Crippen molar-refractivity contribution < 1.29 is 9.90 Å². The monoisotopic (exact) mass is 356 g/mol. The highest BCUT2D eigenvalue weighted by molar-refractivity contribution is 6.22. The van der Waals surface area contributed by atoms with Crippen LogP contribution in [0.25, 0.3) is 22.7 Å². The quantitative estimate of drug-likeness (QED) is 0.463. The van der Waals surface area contributed by atoms with Crippen LogP contribution in [0, 0.1) is 0 Å². The fourth-order valence-electron chi connectivity index (χ4n) is 2.93. The van der Waals surface area contributed by atoms with E-state index < -0.39 is 5.97 Å². The number of carbonyl (C=O) groups is 1. The fourth-order valence-corrected chi connectivity index (χ4v) is 2.93. The molecule has 0 amide bonds. The predicted octanol–water partition coefficient (Wildman–Crippen LogP) is 4.33. The Balaban J connectivity index is 1.83. The van der Waals surface area contributed by atoms with Gasteiger partial charge >= 0.3 is 5.97 Å². The molecule has 6 heteroatoms. The van der Waals surface area contributed by atoms with Crippen LogP contribution in [0.2, 0.25) is 0 Å². The van der Waals surface area contributed by atoms with Gasteiger partial charge in [0.15, 0.2) is 0 Å². The summed E-state index contributed by atoms with van der Waals surface area (Å²) in [6.07, 6.45) is 8.54. The van der Waals surface area contributed by atoms with Gasteiger partial charge in [0.2, 0.25) is 0 Å². The molecule has 0 aliphatic rings. The second-order valence-electron chi connectivity index (χ2n) is 5.92. The summed E-state index contributed by atoms with van der Waals surface area (Å²) in [6.45, 7) is 0. The van der Waals surface area contributed by atoms with Crippen molar-refractivity contribution >= 4 is 40.0 Å². The van der Waals surface area contributed by atoms with Crippen molar-refractivity contribution in [1.29, 1.82) is 0 Å². The summed E-state index contributed by atoms with van der Waals surface area (Å²) in [4.78, 5) is 23.4. The van der Waals surface area contributed by atoms with Crippen molar-refractivity contribution in [2.75, 3.05) is 5.32 Å². The molecule has 3 aromatic heterocycles. The Kier molecular flexibility index (Phi) is 4.37. The number of hydrogen-bond donors (Lipinski definition) is 3. The van der Waals surface area contributed by atoms with Crippen LogP contribution in [-0.4, -0.2) is 26.0 Å². The maximum absolute atomic E-state index is 11.8. The zero-order valence-electron chi connectivity index (χ0n) is 14.3. The van der Waals surface area contributed by atoms with Gasteiger partial charge in [-0.1, -0.05) is 30.3 Å². The van der Waals surface area contributed by atoms with Crippen LogP contribution >= 0.6 is 0 Å². The lowest BCUT2D eigenvalue weighted by molar-refractivity contribution is -0.130. The summed E-state index contributed by atoms with van der Waals surface area (Å²) in [5, 5.41) is 13.8. The van der Waals surface area contributed by atoms with E-state index in [0.29, 0.717) is 11.2 Å². The highest BCUT2D eigenvalue weighted by Gasteiger charge is 2.14. The first-order valence-electron chi connectivity index (χ1n) is 8.36. The van der Waals surface area contributed by atoms with Gasteiger partial charge in [-0.3, -0.25) is 4.98 Å². The fraction of sp³-hybridized carbons (Fsp3) is 0. The van der Waals surface area contributed by atoms with E-state index in [-0.39, 0.29) is 5.57 Å². The predicted molar refractivity (Wildman–Crippen MR) is 106 cm³/mol. The number of aromatic amines is 1. The first-order valence-corrected chi connectivity index (χ1v) is 8.36. The highest BCUT2D eigenvalue weighted by Crippen LogP contribution is 2.30. The molecule has 0 bridgehead atoms. The van der Waals surface area contributed by atoms with Crippen LogP contribution in [0.4, 0.5) is 11.4 Å². The number of aromatic nitrogens is 3. The number of carboxylic acids is 1. The van der Waals surface area contributed by atoms with Crippen molar-refractivity contribution in [1.82, 2.24) is 15.0 Å². The van der Waals surface area contributed by atoms with Crippen LogP contribution in [0.15, 0.2) is 73.3 Å².